The van der Waals surface area contributed by atoms with Crippen molar-refractivity contribution < 1.29 is 14.6 Å². The van der Waals surface area contributed by atoms with Gasteiger partial charge in [0.1, 0.15) is 5.75 Å². The van der Waals surface area contributed by atoms with Gasteiger partial charge in [-0.2, -0.15) is 0 Å². The zero-order valence-electron chi connectivity index (χ0n) is 9.34. The van der Waals surface area contributed by atoms with E-state index >= 15 is 0 Å². The van der Waals surface area contributed by atoms with Gasteiger partial charge in [0.05, 0.1) is 6.42 Å². The summed E-state index contributed by atoms with van der Waals surface area (Å²) in [6.45, 7) is 0. The first-order chi connectivity index (χ1) is 8.63. The highest BCUT2D eigenvalue weighted by Crippen LogP contribution is 2.23. The Morgan fingerprint density at radius 2 is 2.17 bits per heavy atom. The second-order valence-corrected chi connectivity index (χ2v) is 4.07. The summed E-state index contributed by atoms with van der Waals surface area (Å²) in [7, 11) is 0. The number of hydrogen-bond acceptors (Lipinski definition) is 3. The molecule has 5 heteroatoms. The normalized spacial score (nSPS) is 10.1. The average molecular weight is 264 g/mol. The number of pyridine rings is 1. The minimum atomic E-state index is -0.894. The van der Waals surface area contributed by atoms with Crippen LogP contribution in [0.5, 0.6) is 11.6 Å². The van der Waals surface area contributed by atoms with Gasteiger partial charge in [-0.1, -0.05) is 17.7 Å². The second kappa shape index (κ2) is 5.51. The predicted octanol–water partition coefficient (Wildman–Crippen LogP) is 3.15. The van der Waals surface area contributed by atoms with Gasteiger partial charge >= 0.3 is 5.97 Å². The van der Waals surface area contributed by atoms with E-state index in [9.17, 15) is 4.79 Å². The molecule has 0 aliphatic rings. The predicted molar refractivity (Wildman–Crippen MR) is 67.1 cm³/mol. The quantitative estimate of drug-likeness (QED) is 0.920. The first kappa shape index (κ1) is 12.4. The average Bonchev–Trinajstić information content (AvgIpc) is 2.28. The zero-order chi connectivity index (χ0) is 13.0. The highest BCUT2D eigenvalue weighted by Gasteiger charge is 2.04. The maximum Gasteiger partial charge on any atom is 0.307 e. The van der Waals surface area contributed by atoms with Crippen molar-refractivity contribution in [3.05, 3.63) is 53.2 Å². The number of aromatic nitrogens is 1. The summed E-state index contributed by atoms with van der Waals surface area (Å²) in [6.07, 6.45) is 1.45. The first-order valence-electron chi connectivity index (χ1n) is 5.23. The lowest BCUT2D eigenvalue weighted by molar-refractivity contribution is -0.136. The van der Waals surface area contributed by atoms with Crippen molar-refractivity contribution in [1.29, 1.82) is 0 Å². The third-order valence-electron chi connectivity index (χ3n) is 2.17. The molecule has 1 heterocycles. The van der Waals surface area contributed by atoms with E-state index in [-0.39, 0.29) is 6.42 Å². The highest BCUT2D eigenvalue weighted by atomic mass is 35.5. The Labute approximate surface area is 109 Å². The van der Waals surface area contributed by atoms with Gasteiger partial charge in [0.2, 0.25) is 5.88 Å². The molecule has 0 bridgehead atoms. The summed E-state index contributed by atoms with van der Waals surface area (Å²) in [5.41, 5.74) is 0.634. The van der Waals surface area contributed by atoms with Crippen molar-refractivity contribution >= 4 is 17.6 Å². The Morgan fingerprint density at radius 1 is 1.33 bits per heavy atom. The Bertz CT molecular complexity index is 572. The molecule has 0 atom stereocenters. The second-order valence-electron chi connectivity index (χ2n) is 3.63. The number of hydrogen-bond donors (Lipinski definition) is 1. The zero-order valence-corrected chi connectivity index (χ0v) is 10.1. The molecule has 2 rings (SSSR count). The van der Waals surface area contributed by atoms with Crippen molar-refractivity contribution in [3.63, 3.8) is 0 Å². The number of carbonyl (C=O) groups is 1. The lowest BCUT2D eigenvalue weighted by atomic mass is 10.2. The van der Waals surface area contributed by atoms with E-state index < -0.39 is 5.97 Å². The van der Waals surface area contributed by atoms with Crippen LogP contribution in [0.15, 0.2) is 42.6 Å². The molecule has 0 aliphatic carbocycles. The van der Waals surface area contributed by atoms with Crippen molar-refractivity contribution in [2.45, 2.75) is 6.42 Å². The van der Waals surface area contributed by atoms with Crippen LogP contribution in [0, 0.1) is 0 Å². The van der Waals surface area contributed by atoms with E-state index in [1.165, 1.54) is 6.20 Å². The summed E-state index contributed by atoms with van der Waals surface area (Å²) >= 11 is 5.83. The smallest absolute Gasteiger partial charge is 0.307 e. The Morgan fingerprint density at radius 3 is 2.89 bits per heavy atom. The molecule has 18 heavy (non-hydrogen) atoms. The number of carboxylic acid groups (broad SMARTS) is 1. The molecule has 0 radical (unpaired) electrons. The Kier molecular flexibility index (Phi) is 3.79. The fourth-order valence-electron chi connectivity index (χ4n) is 1.44. The summed E-state index contributed by atoms with van der Waals surface area (Å²) < 4.78 is 5.49. The maximum absolute atomic E-state index is 10.6. The van der Waals surface area contributed by atoms with Gasteiger partial charge in [0.25, 0.3) is 0 Å². The molecule has 1 aromatic carbocycles. The molecular formula is C13H10ClNO3. The number of halogens is 1. The van der Waals surface area contributed by atoms with Gasteiger partial charge in [0, 0.05) is 17.3 Å². The molecule has 1 aromatic heterocycles. The van der Waals surface area contributed by atoms with Gasteiger partial charge in [-0.3, -0.25) is 4.79 Å². The number of carboxylic acids is 1. The summed E-state index contributed by atoms with van der Waals surface area (Å²) in [5.74, 6) is 0.00778. The van der Waals surface area contributed by atoms with Crippen LogP contribution in [-0.2, 0) is 11.2 Å². The first-order valence-corrected chi connectivity index (χ1v) is 5.61. The molecule has 4 nitrogen and oxygen atoms in total. The largest absolute Gasteiger partial charge is 0.481 e. The minimum absolute atomic E-state index is 0.0611. The van der Waals surface area contributed by atoms with Crippen molar-refractivity contribution in [1.82, 2.24) is 4.98 Å². The molecule has 92 valence electrons. The van der Waals surface area contributed by atoms with E-state index in [2.05, 4.69) is 4.98 Å². The standard InChI is InChI=1S/C13H10ClNO3/c14-10-2-1-3-11(8-10)18-12-6-9(4-5-15-12)7-13(16)17/h1-6,8H,7H2,(H,16,17). The number of rotatable bonds is 4. The summed E-state index contributed by atoms with van der Waals surface area (Å²) in [5, 5.41) is 9.27. The lowest BCUT2D eigenvalue weighted by Crippen LogP contribution is -2.00. The van der Waals surface area contributed by atoms with Crippen LogP contribution in [0.25, 0.3) is 0 Å². The molecule has 1 N–H and O–H groups in total. The van der Waals surface area contributed by atoms with Crippen LogP contribution in [-0.4, -0.2) is 16.1 Å². The molecule has 0 aliphatic heterocycles. The Hall–Kier alpha value is -2.07. The Balaban J connectivity index is 2.16. The van der Waals surface area contributed by atoms with Crippen LogP contribution in [0.2, 0.25) is 5.02 Å². The molecule has 0 saturated carbocycles. The van der Waals surface area contributed by atoms with Gasteiger partial charge < -0.3 is 9.84 Å². The van der Waals surface area contributed by atoms with E-state index in [1.54, 1.807) is 36.4 Å². The van der Waals surface area contributed by atoms with E-state index in [0.29, 0.717) is 22.2 Å². The maximum atomic E-state index is 10.6. The van der Waals surface area contributed by atoms with E-state index in [4.69, 9.17) is 21.4 Å². The van der Waals surface area contributed by atoms with Crippen LogP contribution in [0.1, 0.15) is 5.56 Å². The number of nitrogens with zero attached hydrogens (tertiary/aromatic N) is 1. The van der Waals surface area contributed by atoms with Crippen molar-refractivity contribution in [2.24, 2.45) is 0 Å². The SMILES string of the molecule is O=C(O)Cc1ccnc(Oc2cccc(Cl)c2)c1. The molecular weight excluding hydrogens is 254 g/mol. The minimum Gasteiger partial charge on any atom is -0.481 e. The molecule has 0 amide bonds. The fraction of sp³-hybridized carbons (Fsp3) is 0.0769. The topological polar surface area (TPSA) is 59.4 Å². The number of benzene rings is 1. The van der Waals surface area contributed by atoms with Gasteiger partial charge in [0.15, 0.2) is 0 Å². The van der Waals surface area contributed by atoms with E-state index in [0.717, 1.165) is 0 Å². The number of ether oxygens (including phenoxy) is 1. The number of aliphatic carboxylic acids is 1. The summed E-state index contributed by atoms with van der Waals surface area (Å²) in [4.78, 5) is 14.6. The van der Waals surface area contributed by atoms with Crippen LogP contribution < -0.4 is 4.74 Å². The molecule has 0 fully saturated rings. The van der Waals surface area contributed by atoms with Crippen LogP contribution in [0.3, 0.4) is 0 Å². The summed E-state index contributed by atoms with van der Waals surface area (Å²) in [6, 6.07) is 10.1. The third kappa shape index (κ3) is 3.46. The van der Waals surface area contributed by atoms with Crippen LogP contribution in [0.4, 0.5) is 0 Å². The molecule has 0 spiro atoms. The highest BCUT2D eigenvalue weighted by molar-refractivity contribution is 6.30. The van der Waals surface area contributed by atoms with Crippen molar-refractivity contribution in [3.8, 4) is 11.6 Å². The fourth-order valence-corrected chi connectivity index (χ4v) is 1.62. The molecule has 0 unspecified atom stereocenters. The monoisotopic (exact) mass is 263 g/mol. The van der Waals surface area contributed by atoms with Gasteiger partial charge in [-0.05, 0) is 29.8 Å². The molecule has 2 aromatic rings. The third-order valence-corrected chi connectivity index (χ3v) is 2.41. The van der Waals surface area contributed by atoms with Crippen molar-refractivity contribution in [2.75, 3.05) is 0 Å². The van der Waals surface area contributed by atoms with Gasteiger partial charge in [-0.15, -0.1) is 0 Å². The van der Waals surface area contributed by atoms with Gasteiger partial charge in [-0.25, -0.2) is 4.98 Å². The van der Waals surface area contributed by atoms with E-state index in [1.807, 2.05) is 0 Å². The van der Waals surface area contributed by atoms with Crippen LogP contribution >= 0.6 is 11.6 Å². The molecule has 0 saturated heterocycles. The lowest BCUT2D eigenvalue weighted by Gasteiger charge is -2.05.